The van der Waals surface area contributed by atoms with Crippen LogP contribution in [0.25, 0.3) is 0 Å². The van der Waals surface area contributed by atoms with Gasteiger partial charge in [-0.1, -0.05) is 0 Å². The van der Waals surface area contributed by atoms with Gasteiger partial charge in [0, 0.05) is 30.3 Å². The first-order valence-electron chi connectivity index (χ1n) is 6.74. The summed E-state index contributed by atoms with van der Waals surface area (Å²) in [5.41, 5.74) is 0.569. The largest absolute Gasteiger partial charge is 0.435 e. The molecule has 1 heterocycles. The summed E-state index contributed by atoms with van der Waals surface area (Å²) in [7, 11) is 0. The molecule has 0 spiro atoms. The molecule has 1 saturated heterocycles. The molecule has 2 rings (SSSR count). The van der Waals surface area contributed by atoms with Gasteiger partial charge in [-0.2, -0.15) is 20.5 Å². The highest BCUT2D eigenvalue weighted by Gasteiger charge is 2.22. The third kappa shape index (κ3) is 4.86. The number of hydrogen-bond acceptors (Lipinski definition) is 4. The fourth-order valence-electron chi connectivity index (χ4n) is 2.10. The van der Waals surface area contributed by atoms with Gasteiger partial charge in [0.1, 0.15) is 5.75 Å². The normalized spacial score (nSPS) is 17.5. The average molecular weight is 316 g/mol. The first-order chi connectivity index (χ1) is 10.1. The van der Waals surface area contributed by atoms with Gasteiger partial charge >= 0.3 is 6.61 Å². The van der Waals surface area contributed by atoms with E-state index in [0.717, 1.165) is 24.6 Å². The van der Waals surface area contributed by atoms with Gasteiger partial charge in [-0.25, -0.2) is 0 Å². The van der Waals surface area contributed by atoms with Gasteiger partial charge in [0.05, 0.1) is 6.04 Å². The zero-order chi connectivity index (χ0) is 15.2. The molecule has 0 bridgehead atoms. The number of carbonyl (C=O) groups excluding carboxylic acids is 1. The maximum atomic E-state index is 12.2. The molecule has 1 aromatic rings. The molecule has 21 heavy (non-hydrogen) atoms. The van der Waals surface area contributed by atoms with Gasteiger partial charge < -0.3 is 10.1 Å². The van der Waals surface area contributed by atoms with E-state index in [-0.39, 0.29) is 17.7 Å². The Morgan fingerprint density at radius 2 is 1.90 bits per heavy atom. The highest BCUT2D eigenvalue weighted by molar-refractivity contribution is 7.99. The van der Waals surface area contributed by atoms with Crippen LogP contribution in [0.4, 0.5) is 14.5 Å². The van der Waals surface area contributed by atoms with Crippen LogP contribution in [0.5, 0.6) is 5.75 Å². The molecule has 0 aliphatic carbocycles. The van der Waals surface area contributed by atoms with Crippen molar-refractivity contribution in [2.75, 3.05) is 29.9 Å². The maximum Gasteiger partial charge on any atom is 0.387 e. The number of thioether (sulfide) groups is 1. The molecule has 1 aliphatic rings. The van der Waals surface area contributed by atoms with Crippen LogP contribution in [0.15, 0.2) is 24.3 Å². The molecular weight excluding hydrogens is 298 g/mol. The third-order valence-electron chi connectivity index (χ3n) is 3.32. The lowest BCUT2D eigenvalue weighted by Gasteiger charge is -2.31. The summed E-state index contributed by atoms with van der Waals surface area (Å²) in [5.74, 6) is 2.06. The quantitative estimate of drug-likeness (QED) is 0.907. The summed E-state index contributed by atoms with van der Waals surface area (Å²) in [6.45, 7) is 0.836. The first-order valence-corrected chi connectivity index (χ1v) is 7.89. The molecule has 1 aliphatic heterocycles. The Labute approximate surface area is 126 Å². The van der Waals surface area contributed by atoms with Crippen molar-refractivity contribution in [3.63, 3.8) is 0 Å². The fourth-order valence-corrected chi connectivity index (χ4v) is 3.03. The zero-order valence-electron chi connectivity index (χ0n) is 11.7. The molecule has 4 nitrogen and oxygen atoms in total. The minimum absolute atomic E-state index is 0.0732. The highest BCUT2D eigenvalue weighted by atomic mass is 32.2. The van der Waals surface area contributed by atoms with Gasteiger partial charge in [0.15, 0.2) is 0 Å². The number of nitrogens with zero attached hydrogens (tertiary/aromatic N) is 1. The second kappa shape index (κ2) is 7.61. The maximum absolute atomic E-state index is 12.2. The first kappa shape index (κ1) is 16.0. The van der Waals surface area contributed by atoms with Gasteiger partial charge in [-0.3, -0.25) is 9.69 Å². The predicted molar refractivity (Wildman–Crippen MR) is 80.1 cm³/mol. The molecule has 0 saturated carbocycles. The monoisotopic (exact) mass is 316 g/mol. The van der Waals surface area contributed by atoms with Crippen molar-refractivity contribution in [1.82, 2.24) is 4.90 Å². The lowest BCUT2D eigenvalue weighted by atomic mass is 10.2. The van der Waals surface area contributed by atoms with E-state index in [4.69, 9.17) is 0 Å². The number of carbonyl (C=O) groups is 1. The molecule has 1 N–H and O–H groups in total. The minimum Gasteiger partial charge on any atom is -0.435 e. The predicted octanol–water partition coefficient (Wildman–Crippen LogP) is 2.66. The summed E-state index contributed by atoms with van der Waals surface area (Å²) in [6.07, 6.45) is 0. The topological polar surface area (TPSA) is 41.6 Å². The second-order valence-electron chi connectivity index (χ2n) is 4.72. The Kier molecular flexibility index (Phi) is 5.81. The number of rotatable bonds is 5. The summed E-state index contributed by atoms with van der Waals surface area (Å²) in [4.78, 5) is 14.3. The number of ether oxygens (including phenoxy) is 1. The van der Waals surface area contributed by atoms with Crippen LogP contribution in [-0.2, 0) is 4.79 Å². The number of amides is 1. The summed E-state index contributed by atoms with van der Waals surface area (Å²) < 4.78 is 28.3. The van der Waals surface area contributed by atoms with Crippen molar-refractivity contribution in [2.45, 2.75) is 19.6 Å². The van der Waals surface area contributed by atoms with E-state index < -0.39 is 6.61 Å². The Balaban J connectivity index is 1.89. The molecule has 1 amide bonds. The van der Waals surface area contributed by atoms with E-state index >= 15 is 0 Å². The van der Waals surface area contributed by atoms with Gasteiger partial charge in [-0.15, -0.1) is 0 Å². The van der Waals surface area contributed by atoms with Crippen LogP contribution in [0.1, 0.15) is 6.92 Å². The van der Waals surface area contributed by atoms with E-state index in [0.29, 0.717) is 5.69 Å². The fraction of sp³-hybridized carbons (Fsp3) is 0.500. The average Bonchev–Trinajstić information content (AvgIpc) is 2.49. The number of benzene rings is 1. The molecule has 0 aromatic heterocycles. The van der Waals surface area contributed by atoms with Crippen molar-refractivity contribution in [3.8, 4) is 5.75 Å². The van der Waals surface area contributed by atoms with Crippen LogP contribution < -0.4 is 10.1 Å². The van der Waals surface area contributed by atoms with Crippen LogP contribution in [0.2, 0.25) is 0 Å². The Hall–Kier alpha value is -1.34. The summed E-state index contributed by atoms with van der Waals surface area (Å²) in [5, 5.41) is 2.79. The molecule has 116 valence electrons. The molecule has 0 radical (unpaired) electrons. The number of nitrogens with one attached hydrogen (secondary N) is 1. The van der Waals surface area contributed by atoms with E-state index in [2.05, 4.69) is 15.0 Å². The number of alkyl halides is 2. The summed E-state index contributed by atoms with van der Waals surface area (Å²) in [6, 6.07) is 5.71. The zero-order valence-corrected chi connectivity index (χ0v) is 12.5. The van der Waals surface area contributed by atoms with Crippen molar-refractivity contribution in [1.29, 1.82) is 0 Å². The summed E-state index contributed by atoms with van der Waals surface area (Å²) >= 11 is 1.89. The van der Waals surface area contributed by atoms with E-state index in [9.17, 15) is 13.6 Å². The number of anilines is 1. The molecule has 1 fully saturated rings. The lowest BCUT2D eigenvalue weighted by Crippen LogP contribution is -2.46. The van der Waals surface area contributed by atoms with Crippen molar-refractivity contribution >= 4 is 23.4 Å². The van der Waals surface area contributed by atoms with Crippen LogP contribution in [0.3, 0.4) is 0 Å². The Morgan fingerprint density at radius 1 is 1.29 bits per heavy atom. The molecule has 1 unspecified atom stereocenters. The van der Waals surface area contributed by atoms with E-state index in [1.807, 2.05) is 18.7 Å². The van der Waals surface area contributed by atoms with Gasteiger partial charge in [-0.05, 0) is 31.2 Å². The minimum atomic E-state index is -2.84. The number of halogens is 2. The standard InChI is InChI=1S/C14H18F2N2O2S/c1-10(18-6-8-21-9-7-18)13(19)17-11-2-4-12(5-3-11)20-14(15)16/h2-5,10,14H,6-9H2,1H3,(H,17,19). The van der Waals surface area contributed by atoms with E-state index in [1.54, 1.807) is 12.1 Å². The van der Waals surface area contributed by atoms with Crippen LogP contribution >= 0.6 is 11.8 Å². The van der Waals surface area contributed by atoms with Crippen LogP contribution in [-0.4, -0.2) is 48.1 Å². The SMILES string of the molecule is CC(C(=O)Nc1ccc(OC(F)F)cc1)N1CCSCC1. The Morgan fingerprint density at radius 3 is 2.48 bits per heavy atom. The van der Waals surface area contributed by atoms with Crippen LogP contribution in [0, 0.1) is 0 Å². The third-order valence-corrected chi connectivity index (χ3v) is 4.26. The van der Waals surface area contributed by atoms with Gasteiger partial charge in [0.2, 0.25) is 5.91 Å². The van der Waals surface area contributed by atoms with Crippen molar-refractivity contribution < 1.29 is 18.3 Å². The molecular formula is C14H18F2N2O2S. The van der Waals surface area contributed by atoms with Crippen molar-refractivity contribution in [2.24, 2.45) is 0 Å². The highest BCUT2D eigenvalue weighted by Crippen LogP contribution is 2.18. The molecule has 1 aromatic carbocycles. The molecule has 7 heteroatoms. The van der Waals surface area contributed by atoms with Gasteiger partial charge in [0.25, 0.3) is 0 Å². The van der Waals surface area contributed by atoms with Crippen molar-refractivity contribution in [3.05, 3.63) is 24.3 Å². The Bertz CT molecular complexity index is 465. The smallest absolute Gasteiger partial charge is 0.387 e. The lowest BCUT2D eigenvalue weighted by molar-refractivity contribution is -0.120. The number of hydrogen-bond donors (Lipinski definition) is 1. The second-order valence-corrected chi connectivity index (χ2v) is 5.94. The van der Waals surface area contributed by atoms with E-state index in [1.165, 1.54) is 12.1 Å². The molecule has 1 atom stereocenters.